The molecule has 0 aliphatic heterocycles. The second-order valence-corrected chi connectivity index (χ2v) is 12.2. The summed E-state index contributed by atoms with van der Waals surface area (Å²) >= 11 is 7.04. The van der Waals surface area contributed by atoms with Gasteiger partial charge in [0.2, 0.25) is 0 Å². The van der Waals surface area contributed by atoms with Gasteiger partial charge in [-0.1, -0.05) is 27.7 Å². The first kappa shape index (κ1) is 22.4. The molecule has 30 heavy (non-hydrogen) atoms. The van der Waals surface area contributed by atoms with E-state index >= 15 is 0 Å². The third-order valence-electron chi connectivity index (χ3n) is 9.80. The highest BCUT2D eigenvalue weighted by atomic mass is 35.5. The molecule has 4 saturated carbocycles. The summed E-state index contributed by atoms with van der Waals surface area (Å²) in [5.41, 5.74) is -0.922. The van der Waals surface area contributed by atoms with Crippen LogP contribution in [-0.2, 0) is 19.1 Å². The van der Waals surface area contributed by atoms with Crippen LogP contribution in [0.4, 0.5) is 0 Å². The number of carbonyl (C=O) groups excluding carboxylic acids is 2. The van der Waals surface area contributed by atoms with Crippen LogP contribution in [0.15, 0.2) is 0 Å². The maximum atomic E-state index is 12.0. The van der Waals surface area contributed by atoms with Crippen LogP contribution in [0.3, 0.4) is 0 Å². The van der Waals surface area contributed by atoms with Crippen LogP contribution in [0.1, 0.15) is 80.1 Å². The van der Waals surface area contributed by atoms with Gasteiger partial charge in [0.25, 0.3) is 0 Å². The first-order valence-electron chi connectivity index (χ1n) is 11.5. The topological polar surface area (TPSA) is 72.8 Å². The Labute approximate surface area is 185 Å². The number of fused-ring (bicyclic) bond motifs is 3. The average Bonchev–Trinajstić information content (AvgIpc) is 2.78. The number of rotatable bonds is 2. The molecule has 1 N–H and O–H groups in total. The molecule has 4 fully saturated rings. The van der Waals surface area contributed by atoms with E-state index in [0.717, 1.165) is 32.1 Å². The Morgan fingerprint density at radius 1 is 0.933 bits per heavy atom. The molecule has 0 heterocycles. The predicted octanol–water partition coefficient (Wildman–Crippen LogP) is 4.47. The van der Waals surface area contributed by atoms with E-state index in [2.05, 4.69) is 20.8 Å². The summed E-state index contributed by atoms with van der Waals surface area (Å²) in [5.74, 6) is -0.0743. The predicted molar refractivity (Wildman–Crippen MR) is 114 cm³/mol. The number of halogens is 1. The molecule has 4 aliphatic rings. The molecule has 0 saturated heterocycles. The highest BCUT2D eigenvalue weighted by Crippen LogP contribution is 2.75. The van der Waals surface area contributed by atoms with Gasteiger partial charge in [-0.05, 0) is 61.2 Å². The minimum atomic E-state index is -0.725. The lowest BCUT2D eigenvalue weighted by Gasteiger charge is -2.66. The molecule has 6 heteroatoms. The van der Waals surface area contributed by atoms with E-state index in [0.29, 0.717) is 12.3 Å². The van der Waals surface area contributed by atoms with Crippen molar-refractivity contribution in [2.75, 3.05) is 0 Å². The molecule has 0 unspecified atom stereocenters. The minimum absolute atomic E-state index is 0.116. The van der Waals surface area contributed by atoms with Crippen molar-refractivity contribution >= 4 is 23.5 Å². The first-order chi connectivity index (χ1) is 13.8. The van der Waals surface area contributed by atoms with Crippen LogP contribution in [0, 0.1) is 33.5 Å². The lowest BCUT2D eigenvalue weighted by atomic mass is 9.39. The Kier molecular flexibility index (Phi) is 5.11. The smallest absolute Gasteiger partial charge is 0.302 e. The van der Waals surface area contributed by atoms with E-state index in [4.69, 9.17) is 21.1 Å². The molecule has 0 aromatic carbocycles. The van der Waals surface area contributed by atoms with Gasteiger partial charge >= 0.3 is 11.9 Å². The summed E-state index contributed by atoms with van der Waals surface area (Å²) < 4.78 is 11.8. The number of aliphatic hydroxyl groups excluding tert-OH is 1. The molecule has 170 valence electrons. The summed E-state index contributed by atoms with van der Waals surface area (Å²) in [6, 6.07) is 0. The zero-order valence-corrected chi connectivity index (χ0v) is 19.9. The normalized spacial score (nSPS) is 51.5. The number of hydrogen-bond donors (Lipinski definition) is 1. The van der Waals surface area contributed by atoms with E-state index in [1.54, 1.807) is 0 Å². The maximum absolute atomic E-state index is 12.0. The van der Waals surface area contributed by atoms with Crippen LogP contribution >= 0.6 is 11.6 Å². The molecule has 9 atom stereocenters. The van der Waals surface area contributed by atoms with Crippen molar-refractivity contribution in [1.29, 1.82) is 0 Å². The average molecular weight is 441 g/mol. The Morgan fingerprint density at radius 2 is 1.53 bits per heavy atom. The lowest BCUT2D eigenvalue weighted by molar-refractivity contribution is -0.228. The van der Waals surface area contributed by atoms with Crippen LogP contribution in [0.2, 0.25) is 0 Å². The van der Waals surface area contributed by atoms with Gasteiger partial charge in [-0.3, -0.25) is 9.59 Å². The van der Waals surface area contributed by atoms with Crippen LogP contribution < -0.4 is 0 Å². The summed E-state index contributed by atoms with van der Waals surface area (Å²) in [7, 11) is 0. The monoisotopic (exact) mass is 440 g/mol. The zero-order chi connectivity index (χ0) is 22.3. The molecular formula is C24H37ClO5. The quantitative estimate of drug-likeness (QED) is 0.506. The Morgan fingerprint density at radius 3 is 2.13 bits per heavy atom. The number of hydrogen-bond acceptors (Lipinski definition) is 5. The van der Waals surface area contributed by atoms with E-state index in [-0.39, 0.29) is 46.3 Å². The van der Waals surface area contributed by atoms with Crippen molar-refractivity contribution in [3.05, 3.63) is 0 Å². The molecule has 5 nitrogen and oxygen atoms in total. The van der Waals surface area contributed by atoms with Gasteiger partial charge in [0, 0.05) is 24.7 Å². The van der Waals surface area contributed by atoms with Crippen molar-refractivity contribution in [2.45, 2.75) is 104 Å². The van der Waals surface area contributed by atoms with E-state index in [9.17, 15) is 14.7 Å². The van der Waals surface area contributed by atoms with Crippen molar-refractivity contribution < 1.29 is 24.2 Å². The standard InChI is InChI=1S/C24H37ClO5/c1-13(26)29-17-8-9-21(3,4)15-7-10-24-12-22(5,20(28)19(24)25)18(30-14(2)27)11-16(24)23(15,17)6/h15-20,28H,7-12H2,1-6H3/t15-,16+,17+,18-,19-,20+,22-,23-,24+/m1/s1. The van der Waals surface area contributed by atoms with Crippen LogP contribution in [0.25, 0.3) is 0 Å². The molecule has 1 spiro atoms. The first-order valence-corrected chi connectivity index (χ1v) is 11.9. The van der Waals surface area contributed by atoms with Crippen LogP contribution in [-0.4, -0.2) is 40.7 Å². The third kappa shape index (κ3) is 2.83. The number of alkyl halides is 1. The molecule has 0 aromatic rings. The molecule has 4 aliphatic carbocycles. The van der Waals surface area contributed by atoms with Gasteiger partial charge in [-0.15, -0.1) is 11.6 Å². The highest BCUT2D eigenvalue weighted by molar-refractivity contribution is 6.22. The molecule has 2 bridgehead atoms. The third-order valence-corrected chi connectivity index (χ3v) is 10.5. The summed E-state index contributed by atoms with van der Waals surface area (Å²) in [4.78, 5) is 24.0. The minimum Gasteiger partial charge on any atom is -0.462 e. The summed E-state index contributed by atoms with van der Waals surface area (Å²) in [6.45, 7) is 11.9. The number of ether oxygens (including phenoxy) is 2. The molecule has 0 radical (unpaired) electrons. The number of carbonyl (C=O) groups is 2. The fourth-order valence-electron chi connectivity index (χ4n) is 8.58. The Hall–Kier alpha value is -0.810. The van der Waals surface area contributed by atoms with Gasteiger partial charge in [-0.25, -0.2) is 0 Å². The number of esters is 2. The molecule has 0 amide bonds. The van der Waals surface area contributed by atoms with Crippen molar-refractivity contribution in [1.82, 2.24) is 0 Å². The van der Waals surface area contributed by atoms with E-state index in [1.807, 2.05) is 6.92 Å². The highest BCUT2D eigenvalue weighted by Gasteiger charge is 2.74. The molecule has 0 aromatic heterocycles. The largest absolute Gasteiger partial charge is 0.462 e. The van der Waals surface area contributed by atoms with E-state index in [1.165, 1.54) is 13.8 Å². The van der Waals surface area contributed by atoms with Crippen LogP contribution in [0.5, 0.6) is 0 Å². The molecular weight excluding hydrogens is 404 g/mol. The number of aliphatic hydroxyl groups is 1. The van der Waals surface area contributed by atoms with Crippen molar-refractivity contribution in [3.8, 4) is 0 Å². The van der Waals surface area contributed by atoms with Gasteiger partial charge in [0.1, 0.15) is 12.2 Å². The second-order valence-electron chi connectivity index (χ2n) is 11.7. The lowest BCUT2D eigenvalue weighted by Crippen LogP contribution is -2.64. The Bertz CT molecular complexity index is 752. The summed E-state index contributed by atoms with van der Waals surface area (Å²) in [5, 5.41) is 10.8. The maximum Gasteiger partial charge on any atom is 0.302 e. The van der Waals surface area contributed by atoms with Gasteiger partial charge < -0.3 is 14.6 Å². The summed E-state index contributed by atoms with van der Waals surface area (Å²) in [6.07, 6.45) is 3.94. The fourth-order valence-corrected chi connectivity index (χ4v) is 9.20. The van der Waals surface area contributed by atoms with Gasteiger partial charge in [0.15, 0.2) is 0 Å². The van der Waals surface area contributed by atoms with Crippen molar-refractivity contribution in [3.63, 3.8) is 0 Å². The SMILES string of the molecule is CC(=O)O[C@H]1CCC(C)(C)[C@H]2CC[C@]34C[C@](C)([C@H](OC(C)=O)C[C@H]3[C@]12C)[C@@H](O)[C@H]4Cl. The fraction of sp³-hybridized carbons (Fsp3) is 0.917. The van der Waals surface area contributed by atoms with Gasteiger partial charge in [0.05, 0.1) is 11.5 Å². The van der Waals surface area contributed by atoms with E-state index < -0.39 is 16.9 Å². The molecule has 4 rings (SSSR count). The van der Waals surface area contributed by atoms with Crippen molar-refractivity contribution in [2.24, 2.45) is 33.5 Å². The van der Waals surface area contributed by atoms with Gasteiger partial charge in [-0.2, -0.15) is 0 Å². The second kappa shape index (κ2) is 6.84. The Balaban J connectivity index is 1.84. The zero-order valence-electron chi connectivity index (χ0n) is 19.2.